The van der Waals surface area contributed by atoms with E-state index in [2.05, 4.69) is 13.8 Å². The van der Waals surface area contributed by atoms with Gasteiger partial charge in [-0.2, -0.15) is 5.30 Å². The molecule has 0 unspecified atom stereocenters. The molecule has 0 atom stereocenters. The van der Waals surface area contributed by atoms with Gasteiger partial charge in [-0.1, -0.05) is 25.5 Å². The molecule has 0 aliphatic rings. The number of benzene rings is 1. The summed E-state index contributed by atoms with van der Waals surface area (Å²) in [4.78, 5) is 10.4. The molecule has 0 fully saturated rings. The van der Waals surface area contributed by atoms with Gasteiger partial charge >= 0.3 is 18.9 Å². The second kappa shape index (κ2) is 8.76. The van der Waals surface area contributed by atoms with Gasteiger partial charge in [-0.05, 0) is 37.4 Å². The molecule has 88 valence electrons. The monoisotopic (exact) mass is 244 g/mol. The summed E-state index contributed by atoms with van der Waals surface area (Å²) in [7, 11) is 0.724. The zero-order valence-corrected chi connectivity index (χ0v) is 12.0. The molecule has 0 saturated carbocycles. The van der Waals surface area contributed by atoms with Crippen LogP contribution < -0.4 is 28.9 Å². The maximum atomic E-state index is 10.4. The Kier molecular flexibility index (Phi) is 8.61. The maximum Gasteiger partial charge on any atom is 1.00 e. The summed E-state index contributed by atoms with van der Waals surface area (Å²) >= 11 is 0. The molecule has 17 heavy (non-hydrogen) atoms. The van der Waals surface area contributed by atoms with Crippen molar-refractivity contribution in [2.75, 3.05) is 6.61 Å². The summed E-state index contributed by atoms with van der Waals surface area (Å²) < 4.78 is 5.64. The molecule has 1 rings (SSSR count). The van der Waals surface area contributed by atoms with E-state index in [9.17, 15) is 4.79 Å². The minimum absolute atomic E-state index is 0. The zero-order valence-electron chi connectivity index (χ0n) is 11.1. The normalized spacial score (nSPS) is 10.6. The Hall–Kier alpha value is -0.283. The summed E-state index contributed by atoms with van der Waals surface area (Å²) in [6.45, 7) is 7.12. The van der Waals surface area contributed by atoms with E-state index in [4.69, 9.17) is 4.74 Å². The van der Waals surface area contributed by atoms with Crippen LogP contribution in [-0.4, -0.2) is 12.6 Å². The molecule has 0 saturated heterocycles. The van der Waals surface area contributed by atoms with Crippen molar-refractivity contribution in [1.29, 1.82) is 0 Å². The van der Waals surface area contributed by atoms with Gasteiger partial charge in [0.25, 0.3) is 0 Å². The minimum Gasteiger partial charge on any atom is -0.494 e. The van der Waals surface area contributed by atoms with E-state index >= 15 is 0 Å². The SMILES string of the molecule is Cc1cc(OCCC(C)C)ccc1[P-]C=O.[Li+]. The van der Waals surface area contributed by atoms with Crippen LogP contribution in [0.3, 0.4) is 0 Å². The van der Waals surface area contributed by atoms with Crippen LogP contribution in [0, 0.1) is 12.8 Å². The second-order valence-corrected chi connectivity index (χ2v) is 5.16. The van der Waals surface area contributed by atoms with Crippen LogP contribution in [-0.2, 0) is 4.79 Å². The number of hydrogen-bond acceptors (Lipinski definition) is 2. The first-order valence-corrected chi connectivity index (χ1v) is 6.47. The summed E-state index contributed by atoms with van der Waals surface area (Å²) in [6, 6.07) is 6.78. The average Bonchev–Trinajstić information content (AvgIpc) is 2.21. The average molecular weight is 244 g/mol. The number of aryl methyl sites for hydroxylation is 1. The van der Waals surface area contributed by atoms with Gasteiger partial charge in [-0.3, -0.25) is 0 Å². The molecular weight excluding hydrogens is 226 g/mol. The Morgan fingerprint density at radius 1 is 1.41 bits per heavy atom. The van der Waals surface area contributed by atoms with Gasteiger partial charge in [0, 0.05) is 0 Å². The predicted molar refractivity (Wildman–Crippen MR) is 69.4 cm³/mol. The molecule has 0 aliphatic heterocycles. The molecule has 0 radical (unpaired) electrons. The molecule has 4 heteroatoms. The number of rotatable bonds is 6. The van der Waals surface area contributed by atoms with Crippen LogP contribution in [0.4, 0.5) is 0 Å². The van der Waals surface area contributed by atoms with Crippen molar-refractivity contribution in [2.24, 2.45) is 5.92 Å². The van der Waals surface area contributed by atoms with Crippen molar-refractivity contribution < 1.29 is 28.4 Å². The molecule has 0 bridgehead atoms. The molecule has 1 aromatic rings. The molecule has 0 aliphatic carbocycles. The molecule has 0 spiro atoms. The Morgan fingerprint density at radius 3 is 2.65 bits per heavy atom. The van der Waals surface area contributed by atoms with Crippen LogP contribution in [0.2, 0.25) is 0 Å². The van der Waals surface area contributed by atoms with Crippen molar-refractivity contribution in [3.63, 3.8) is 0 Å². The van der Waals surface area contributed by atoms with E-state index in [1.807, 2.05) is 25.1 Å². The van der Waals surface area contributed by atoms with Crippen LogP contribution >= 0.6 is 8.58 Å². The van der Waals surface area contributed by atoms with Gasteiger partial charge in [0.2, 0.25) is 0 Å². The molecule has 0 amide bonds. The Morgan fingerprint density at radius 2 is 2.12 bits per heavy atom. The first-order valence-electron chi connectivity index (χ1n) is 5.51. The van der Waals surface area contributed by atoms with Crippen molar-refractivity contribution in [3.05, 3.63) is 23.8 Å². The van der Waals surface area contributed by atoms with E-state index in [1.165, 1.54) is 0 Å². The van der Waals surface area contributed by atoms with Gasteiger partial charge in [0.1, 0.15) is 5.75 Å². The second-order valence-electron chi connectivity index (χ2n) is 4.21. The fourth-order valence-electron chi connectivity index (χ4n) is 1.33. The fraction of sp³-hybridized carbons (Fsp3) is 0.462. The van der Waals surface area contributed by atoms with E-state index in [-0.39, 0.29) is 18.9 Å². The summed E-state index contributed by atoms with van der Waals surface area (Å²) in [5.74, 6) is 1.55. The van der Waals surface area contributed by atoms with Crippen LogP contribution in [0.25, 0.3) is 0 Å². The molecule has 0 N–H and O–H groups in total. The topological polar surface area (TPSA) is 26.3 Å². The standard InChI is InChI=1S/C13H18O2P.Li/c1-10(2)6-7-15-12-4-5-13(16-9-14)11(3)8-12;/h4-5,8-10H,6-7H2,1-3H3;/q-1;+1. The third-order valence-corrected chi connectivity index (χ3v) is 3.21. The van der Waals surface area contributed by atoms with E-state index in [0.29, 0.717) is 5.92 Å². The first-order chi connectivity index (χ1) is 7.63. The summed E-state index contributed by atoms with van der Waals surface area (Å²) in [5.41, 5.74) is 1.11. The Bertz CT molecular complexity index is 353. The van der Waals surface area contributed by atoms with Gasteiger partial charge in [0.15, 0.2) is 0 Å². The number of carbonyl (C=O) groups excluding carboxylic acids is 1. The van der Waals surface area contributed by atoms with Crippen LogP contribution in [0.15, 0.2) is 18.2 Å². The fourth-order valence-corrected chi connectivity index (χ4v) is 1.87. The smallest absolute Gasteiger partial charge is 0.494 e. The van der Waals surface area contributed by atoms with E-state index in [0.717, 1.165) is 44.3 Å². The van der Waals surface area contributed by atoms with Crippen LogP contribution in [0.1, 0.15) is 25.8 Å². The maximum absolute atomic E-state index is 10.4. The number of ether oxygens (including phenoxy) is 1. The zero-order chi connectivity index (χ0) is 12.0. The first kappa shape index (κ1) is 16.7. The minimum atomic E-state index is 0. The third-order valence-electron chi connectivity index (χ3n) is 2.32. The van der Waals surface area contributed by atoms with Gasteiger partial charge in [0.05, 0.1) is 6.61 Å². The van der Waals surface area contributed by atoms with Gasteiger partial charge in [-0.15, -0.1) is 0 Å². The van der Waals surface area contributed by atoms with E-state index < -0.39 is 0 Å². The molecule has 0 heterocycles. The summed E-state index contributed by atoms with van der Waals surface area (Å²) in [5, 5.41) is 1.05. The molecule has 1 aromatic carbocycles. The molecule has 2 nitrogen and oxygen atoms in total. The van der Waals surface area contributed by atoms with Crippen molar-refractivity contribution in [1.82, 2.24) is 0 Å². The van der Waals surface area contributed by atoms with Crippen molar-refractivity contribution in [2.45, 2.75) is 27.2 Å². The van der Waals surface area contributed by atoms with Crippen molar-refractivity contribution >= 4 is 19.9 Å². The Labute approximate surface area is 117 Å². The largest absolute Gasteiger partial charge is 1.00 e. The van der Waals surface area contributed by atoms with Crippen molar-refractivity contribution in [3.8, 4) is 5.75 Å². The van der Waals surface area contributed by atoms with E-state index in [1.54, 1.807) is 0 Å². The Balaban J connectivity index is 0.00000256. The third kappa shape index (κ3) is 6.27. The van der Waals surface area contributed by atoms with Gasteiger partial charge in [-0.25, -0.2) is 0 Å². The molecular formula is C13H18LiO2P. The predicted octanol–water partition coefficient (Wildman–Crippen LogP) is 0.186. The van der Waals surface area contributed by atoms with Crippen LogP contribution in [0.5, 0.6) is 5.75 Å². The molecule has 0 aromatic heterocycles. The number of hydrogen-bond donors (Lipinski definition) is 0. The summed E-state index contributed by atoms with van der Waals surface area (Å²) in [6.07, 6.45) is 1.06. The van der Waals surface area contributed by atoms with Gasteiger partial charge < -0.3 is 18.1 Å². The number of carbonyl (C=O) groups is 1. The quantitative estimate of drug-likeness (QED) is 0.405.